The summed E-state index contributed by atoms with van der Waals surface area (Å²) in [4.78, 5) is 13.3. The average molecular weight is 330 g/mol. The topological polar surface area (TPSA) is 50.8 Å². The van der Waals surface area contributed by atoms with E-state index < -0.39 is 6.36 Å². The molecule has 0 aromatic heterocycles. The van der Waals surface area contributed by atoms with Gasteiger partial charge in [-0.05, 0) is 23.8 Å². The molecule has 0 saturated carbocycles. The van der Waals surface area contributed by atoms with Crippen molar-refractivity contribution in [2.45, 2.75) is 6.36 Å². The van der Waals surface area contributed by atoms with Crippen molar-refractivity contribution in [1.29, 1.82) is 0 Å². The smallest absolute Gasteiger partial charge is 0.445 e. The largest absolute Gasteiger partial charge is 0.573 e. The number of ether oxygens (including phenoxy) is 2. The number of alkyl halides is 3. The molecule has 1 fully saturated rings. The highest BCUT2D eigenvalue weighted by atomic mass is 19.4. The quantitative estimate of drug-likeness (QED) is 0.922. The van der Waals surface area contributed by atoms with Gasteiger partial charge in [0.2, 0.25) is 0 Å². The molecule has 0 radical (unpaired) electrons. The predicted molar refractivity (Wildman–Crippen MR) is 77.9 cm³/mol. The van der Waals surface area contributed by atoms with Crippen molar-refractivity contribution in [1.82, 2.24) is 10.2 Å². The van der Waals surface area contributed by atoms with Crippen LogP contribution in [0.15, 0.2) is 30.3 Å². The van der Waals surface area contributed by atoms with E-state index >= 15 is 0 Å². The van der Waals surface area contributed by atoms with E-state index in [2.05, 4.69) is 10.1 Å². The second-order valence-electron chi connectivity index (χ2n) is 4.83. The summed E-state index contributed by atoms with van der Waals surface area (Å²) in [6.07, 6.45) is -1.79. The van der Waals surface area contributed by atoms with Crippen LogP contribution in [0.2, 0.25) is 0 Å². The maximum Gasteiger partial charge on any atom is 0.573 e. The number of nitrogens with one attached hydrogen (secondary N) is 1. The van der Waals surface area contributed by atoms with Crippen molar-refractivity contribution in [2.75, 3.05) is 32.8 Å². The van der Waals surface area contributed by atoms with Gasteiger partial charge in [-0.25, -0.2) is 4.79 Å². The fraction of sp³-hybridized carbons (Fsp3) is 0.400. The lowest BCUT2D eigenvalue weighted by atomic mass is 10.2. The Morgan fingerprint density at radius 3 is 2.48 bits per heavy atom. The lowest BCUT2D eigenvalue weighted by Gasteiger charge is -2.26. The third-order valence-electron chi connectivity index (χ3n) is 3.10. The van der Waals surface area contributed by atoms with Crippen molar-refractivity contribution < 1.29 is 27.4 Å². The molecule has 8 heteroatoms. The molecular formula is C15H17F3N2O3. The van der Waals surface area contributed by atoms with Crippen LogP contribution in [0.4, 0.5) is 18.0 Å². The van der Waals surface area contributed by atoms with Crippen LogP contribution in [-0.4, -0.2) is 50.1 Å². The van der Waals surface area contributed by atoms with E-state index in [1.165, 1.54) is 24.3 Å². The molecule has 1 aromatic carbocycles. The van der Waals surface area contributed by atoms with Crippen molar-refractivity contribution in [3.8, 4) is 5.75 Å². The number of carbonyl (C=O) groups excluding carboxylic acids is 1. The van der Waals surface area contributed by atoms with Crippen LogP contribution in [0.3, 0.4) is 0 Å². The number of amides is 1. The second kappa shape index (κ2) is 7.87. The van der Waals surface area contributed by atoms with Gasteiger partial charge < -0.3 is 19.7 Å². The zero-order valence-electron chi connectivity index (χ0n) is 12.3. The van der Waals surface area contributed by atoms with E-state index in [4.69, 9.17) is 4.74 Å². The Balaban J connectivity index is 1.75. The van der Waals surface area contributed by atoms with Gasteiger partial charge >= 0.3 is 12.5 Å². The average Bonchev–Trinajstić information content (AvgIpc) is 2.52. The standard InChI is InChI=1S/C15H17F3N2O3/c16-15(17,18)23-13-5-3-12(4-6-13)2-1-11-22-14(21)20-9-7-19-8-10-20/h1-6,19H,7-11H2. The van der Waals surface area contributed by atoms with Gasteiger partial charge in [0, 0.05) is 26.2 Å². The minimum atomic E-state index is -4.70. The molecule has 1 amide bonds. The van der Waals surface area contributed by atoms with E-state index in [1.807, 2.05) is 0 Å². The van der Waals surface area contributed by atoms with E-state index in [1.54, 1.807) is 17.1 Å². The molecule has 5 nitrogen and oxygen atoms in total. The molecule has 1 N–H and O–H groups in total. The minimum Gasteiger partial charge on any atom is -0.445 e. The zero-order chi connectivity index (χ0) is 16.7. The second-order valence-corrected chi connectivity index (χ2v) is 4.83. The molecule has 23 heavy (non-hydrogen) atoms. The van der Waals surface area contributed by atoms with E-state index in [0.29, 0.717) is 18.7 Å². The number of halogens is 3. The fourth-order valence-electron chi connectivity index (χ4n) is 2.02. The number of hydrogen-bond donors (Lipinski definition) is 1. The molecule has 0 aliphatic carbocycles. The SMILES string of the molecule is O=C(OCC=Cc1ccc(OC(F)(F)F)cc1)N1CCNCC1. The van der Waals surface area contributed by atoms with Gasteiger partial charge in [-0.1, -0.05) is 18.2 Å². The molecule has 1 aromatic rings. The van der Waals surface area contributed by atoms with E-state index in [0.717, 1.165) is 13.1 Å². The summed E-state index contributed by atoms with van der Waals surface area (Å²) < 4.78 is 44.9. The maximum absolute atomic E-state index is 12.0. The normalized spacial score (nSPS) is 15.7. The highest BCUT2D eigenvalue weighted by Gasteiger charge is 2.30. The third-order valence-corrected chi connectivity index (χ3v) is 3.10. The lowest BCUT2D eigenvalue weighted by molar-refractivity contribution is -0.274. The molecule has 1 aliphatic heterocycles. The summed E-state index contributed by atoms with van der Waals surface area (Å²) in [5, 5.41) is 3.13. The van der Waals surface area contributed by atoms with Crippen molar-refractivity contribution in [3.05, 3.63) is 35.9 Å². The Hall–Kier alpha value is -2.22. The Kier molecular flexibility index (Phi) is 5.86. The first kappa shape index (κ1) is 17.1. The van der Waals surface area contributed by atoms with Gasteiger partial charge in [-0.15, -0.1) is 13.2 Å². The molecule has 0 spiro atoms. The lowest BCUT2D eigenvalue weighted by Crippen LogP contribution is -2.46. The summed E-state index contributed by atoms with van der Waals surface area (Å²) in [5.74, 6) is -0.278. The molecule has 1 heterocycles. The molecule has 0 bridgehead atoms. The van der Waals surface area contributed by atoms with Gasteiger partial charge in [-0.2, -0.15) is 0 Å². The highest BCUT2D eigenvalue weighted by molar-refractivity contribution is 5.68. The minimum absolute atomic E-state index is 0.101. The summed E-state index contributed by atoms with van der Waals surface area (Å²) in [7, 11) is 0. The van der Waals surface area contributed by atoms with Crippen molar-refractivity contribution >= 4 is 12.2 Å². The molecule has 1 saturated heterocycles. The van der Waals surface area contributed by atoms with Gasteiger partial charge in [-0.3, -0.25) is 0 Å². The van der Waals surface area contributed by atoms with Crippen LogP contribution in [-0.2, 0) is 4.74 Å². The molecular weight excluding hydrogens is 313 g/mol. The van der Waals surface area contributed by atoms with Crippen molar-refractivity contribution in [2.24, 2.45) is 0 Å². The summed E-state index contributed by atoms with van der Waals surface area (Å²) in [6, 6.07) is 5.41. The third kappa shape index (κ3) is 6.19. The predicted octanol–water partition coefficient (Wildman–Crippen LogP) is 2.64. The molecule has 2 rings (SSSR count). The van der Waals surface area contributed by atoms with Gasteiger partial charge in [0.25, 0.3) is 0 Å². The zero-order valence-corrected chi connectivity index (χ0v) is 12.3. The number of rotatable bonds is 4. The van der Waals surface area contributed by atoms with Gasteiger partial charge in [0.1, 0.15) is 12.4 Å². The molecule has 1 aliphatic rings. The first-order valence-electron chi connectivity index (χ1n) is 7.09. The van der Waals surface area contributed by atoms with Crippen LogP contribution >= 0.6 is 0 Å². The van der Waals surface area contributed by atoms with E-state index in [9.17, 15) is 18.0 Å². The van der Waals surface area contributed by atoms with Gasteiger partial charge in [0.15, 0.2) is 0 Å². The first-order valence-corrected chi connectivity index (χ1v) is 7.09. The van der Waals surface area contributed by atoms with E-state index in [-0.39, 0.29) is 18.4 Å². The van der Waals surface area contributed by atoms with Crippen LogP contribution in [0, 0.1) is 0 Å². The number of hydrogen-bond acceptors (Lipinski definition) is 4. The Morgan fingerprint density at radius 2 is 1.87 bits per heavy atom. The van der Waals surface area contributed by atoms with Crippen LogP contribution < -0.4 is 10.1 Å². The summed E-state index contributed by atoms with van der Waals surface area (Å²) in [6.45, 7) is 2.82. The van der Waals surface area contributed by atoms with Crippen LogP contribution in [0.5, 0.6) is 5.75 Å². The molecule has 0 unspecified atom stereocenters. The van der Waals surface area contributed by atoms with Crippen LogP contribution in [0.1, 0.15) is 5.56 Å². The maximum atomic E-state index is 12.0. The first-order chi connectivity index (χ1) is 10.9. The van der Waals surface area contributed by atoms with Crippen LogP contribution in [0.25, 0.3) is 6.08 Å². The van der Waals surface area contributed by atoms with Gasteiger partial charge in [0.05, 0.1) is 0 Å². The molecule has 126 valence electrons. The molecule has 0 atom stereocenters. The number of nitrogens with zero attached hydrogens (tertiary/aromatic N) is 1. The number of benzene rings is 1. The van der Waals surface area contributed by atoms with Crippen molar-refractivity contribution in [3.63, 3.8) is 0 Å². The Labute approximate surface area is 131 Å². The Morgan fingerprint density at radius 1 is 1.22 bits per heavy atom. The number of piperazine rings is 1. The highest BCUT2D eigenvalue weighted by Crippen LogP contribution is 2.22. The monoisotopic (exact) mass is 330 g/mol. The number of carbonyl (C=O) groups is 1. The summed E-state index contributed by atoms with van der Waals surface area (Å²) in [5.41, 5.74) is 0.678. The Bertz CT molecular complexity index is 538. The fourth-order valence-corrected chi connectivity index (χ4v) is 2.02. The summed E-state index contributed by atoms with van der Waals surface area (Å²) >= 11 is 0.